The Balaban J connectivity index is 1.80. The van der Waals surface area contributed by atoms with Crippen LogP contribution < -0.4 is 9.64 Å². The van der Waals surface area contributed by atoms with E-state index in [-0.39, 0.29) is 17.9 Å². The van der Waals surface area contributed by atoms with Gasteiger partial charge in [0, 0.05) is 0 Å². The number of amides is 2. The molecule has 4 rings (SSSR count). The molecule has 0 saturated carbocycles. The zero-order valence-electron chi connectivity index (χ0n) is 18.5. The number of hydrogen-bond donors (Lipinski definition) is 0. The number of hydrogen-bond acceptors (Lipinski definition) is 5. The first-order chi connectivity index (χ1) is 15.4. The van der Waals surface area contributed by atoms with Gasteiger partial charge in [0.05, 0.1) is 34.3 Å². The van der Waals surface area contributed by atoms with Crippen LogP contribution in [0.4, 0.5) is 5.69 Å². The number of ether oxygens (including phenoxy) is 1. The van der Waals surface area contributed by atoms with Gasteiger partial charge < -0.3 is 9.15 Å². The Bertz CT molecular complexity index is 1190. The zero-order chi connectivity index (χ0) is 22.8. The van der Waals surface area contributed by atoms with Crippen LogP contribution in [0.5, 0.6) is 5.75 Å². The normalized spacial score (nSPS) is 14.1. The highest BCUT2D eigenvalue weighted by atomic mass is 32.2. The van der Waals surface area contributed by atoms with E-state index < -0.39 is 0 Å². The van der Waals surface area contributed by atoms with E-state index in [1.165, 1.54) is 16.7 Å². The van der Waals surface area contributed by atoms with Crippen molar-refractivity contribution in [1.29, 1.82) is 0 Å². The SMILES string of the molecule is Cc1ccc(C2=C(SCc3ccco3)C(=O)N(c3ccccc3OC(C)C)C2=O)c(C)c1. The molecule has 0 radical (unpaired) electrons. The van der Waals surface area contributed by atoms with Gasteiger partial charge in [-0.25, -0.2) is 4.90 Å². The second-order valence-electron chi connectivity index (χ2n) is 7.97. The molecule has 0 spiro atoms. The highest BCUT2D eigenvalue weighted by Crippen LogP contribution is 2.43. The molecule has 0 aliphatic carbocycles. The van der Waals surface area contributed by atoms with Gasteiger partial charge in [0.25, 0.3) is 11.8 Å². The lowest BCUT2D eigenvalue weighted by Crippen LogP contribution is -2.32. The average Bonchev–Trinajstić information content (AvgIpc) is 3.34. The smallest absolute Gasteiger partial charge is 0.272 e. The van der Waals surface area contributed by atoms with E-state index in [4.69, 9.17) is 9.15 Å². The summed E-state index contributed by atoms with van der Waals surface area (Å²) in [6.45, 7) is 7.79. The van der Waals surface area contributed by atoms with Gasteiger partial charge in [-0.1, -0.05) is 35.9 Å². The summed E-state index contributed by atoms with van der Waals surface area (Å²) < 4.78 is 11.3. The first kappa shape index (κ1) is 22.0. The summed E-state index contributed by atoms with van der Waals surface area (Å²) >= 11 is 1.32. The van der Waals surface area contributed by atoms with E-state index in [1.807, 2.05) is 64.1 Å². The maximum atomic E-state index is 13.7. The van der Waals surface area contributed by atoms with Crippen LogP contribution in [0.15, 0.2) is 70.2 Å². The van der Waals surface area contributed by atoms with E-state index in [0.29, 0.717) is 27.7 Å². The minimum atomic E-state index is -0.346. The first-order valence-electron chi connectivity index (χ1n) is 10.5. The van der Waals surface area contributed by atoms with Crippen LogP contribution in [-0.2, 0) is 15.3 Å². The Morgan fingerprint density at radius 1 is 1.00 bits per heavy atom. The number of rotatable bonds is 7. The molecule has 0 fully saturated rings. The second-order valence-corrected chi connectivity index (χ2v) is 8.96. The number of carbonyl (C=O) groups excluding carboxylic acids is 2. The molecular weight excluding hydrogens is 422 g/mol. The summed E-state index contributed by atoms with van der Waals surface area (Å²) in [5.41, 5.74) is 3.68. The quantitative estimate of drug-likeness (QED) is 0.422. The minimum Gasteiger partial charge on any atom is -0.489 e. The lowest BCUT2D eigenvalue weighted by atomic mass is 9.98. The molecule has 1 aliphatic heterocycles. The fraction of sp³-hybridized carbons (Fsp3) is 0.231. The largest absolute Gasteiger partial charge is 0.489 e. The highest BCUT2D eigenvalue weighted by molar-refractivity contribution is 8.03. The van der Waals surface area contributed by atoms with Crippen molar-refractivity contribution in [1.82, 2.24) is 0 Å². The molecule has 2 amide bonds. The lowest BCUT2D eigenvalue weighted by molar-refractivity contribution is -0.119. The van der Waals surface area contributed by atoms with Crippen molar-refractivity contribution in [2.45, 2.75) is 39.6 Å². The van der Waals surface area contributed by atoms with E-state index in [9.17, 15) is 9.59 Å². The number of para-hydroxylation sites is 2. The summed E-state index contributed by atoms with van der Waals surface area (Å²) in [5.74, 6) is 1.00. The maximum Gasteiger partial charge on any atom is 0.272 e. The van der Waals surface area contributed by atoms with Gasteiger partial charge in [0.15, 0.2) is 0 Å². The minimum absolute atomic E-state index is 0.0940. The van der Waals surface area contributed by atoms with Crippen LogP contribution in [0, 0.1) is 13.8 Å². The third kappa shape index (κ3) is 4.23. The van der Waals surface area contributed by atoms with Crippen LogP contribution in [0.2, 0.25) is 0 Å². The number of thioether (sulfide) groups is 1. The Morgan fingerprint density at radius 2 is 1.78 bits per heavy atom. The summed E-state index contributed by atoms with van der Waals surface area (Å²) in [6, 6.07) is 16.7. The number of carbonyl (C=O) groups is 2. The van der Waals surface area contributed by atoms with Crippen molar-refractivity contribution in [2.75, 3.05) is 4.90 Å². The second kappa shape index (κ2) is 9.09. The summed E-state index contributed by atoms with van der Waals surface area (Å²) in [5, 5.41) is 0. The molecule has 2 heterocycles. The number of nitrogens with zero attached hydrogens (tertiary/aromatic N) is 1. The van der Waals surface area contributed by atoms with Crippen LogP contribution in [0.25, 0.3) is 5.57 Å². The molecule has 0 saturated heterocycles. The van der Waals surface area contributed by atoms with Gasteiger partial charge in [-0.15, -0.1) is 11.8 Å². The van der Waals surface area contributed by atoms with Gasteiger partial charge in [-0.2, -0.15) is 0 Å². The van der Waals surface area contributed by atoms with Crippen molar-refractivity contribution in [2.24, 2.45) is 0 Å². The molecule has 164 valence electrons. The molecule has 3 aromatic rings. The molecule has 6 heteroatoms. The molecule has 32 heavy (non-hydrogen) atoms. The van der Waals surface area contributed by atoms with Crippen molar-refractivity contribution < 1.29 is 18.7 Å². The van der Waals surface area contributed by atoms with Crippen molar-refractivity contribution in [3.8, 4) is 5.75 Å². The number of imide groups is 1. The van der Waals surface area contributed by atoms with Gasteiger partial charge >= 0.3 is 0 Å². The number of anilines is 1. The van der Waals surface area contributed by atoms with Crippen molar-refractivity contribution in [3.05, 3.63) is 88.2 Å². The third-order valence-electron chi connectivity index (χ3n) is 5.10. The Morgan fingerprint density at radius 3 is 2.47 bits per heavy atom. The van der Waals surface area contributed by atoms with E-state index >= 15 is 0 Å². The molecule has 0 N–H and O–H groups in total. The van der Waals surface area contributed by atoms with Gasteiger partial charge in [-0.3, -0.25) is 9.59 Å². The van der Waals surface area contributed by atoms with Crippen molar-refractivity contribution >= 4 is 34.8 Å². The molecule has 0 atom stereocenters. The Labute approximate surface area is 192 Å². The molecular formula is C26H25NO4S. The zero-order valence-corrected chi connectivity index (χ0v) is 19.4. The van der Waals surface area contributed by atoms with Gasteiger partial charge in [-0.05, 0) is 63.1 Å². The van der Waals surface area contributed by atoms with Crippen LogP contribution in [0.1, 0.15) is 36.3 Å². The molecule has 2 aromatic carbocycles. The summed E-state index contributed by atoms with van der Waals surface area (Å²) in [6.07, 6.45) is 1.51. The van der Waals surface area contributed by atoms with Crippen molar-refractivity contribution in [3.63, 3.8) is 0 Å². The molecule has 5 nitrogen and oxygen atoms in total. The van der Waals surface area contributed by atoms with Crippen LogP contribution in [0.3, 0.4) is 0 Å². The Kier molecular flexibility index (Phi) is 6.24. The van der Waals surface area contributed by atoms with E-state index in [0.717, 1.165) is 22.5 Å². The third-order valence-corrected chi connectivity index (χ3v) is 6.20. The first-order valence-corrected chi connectivity index (χ1v) is 11.5. The molecule has 1 aliphatic rings. The predicted molar refractivity (Wildman–Crippen MR) is 128 cm³/mol. The van der Waals surface area contributed by atoms with E-state index in [2.05, 4.69) is 0 Å². The standard InChI is InChI=1S/C26H25NO4S/c1-16(2)31-22-10-6-5-9-21(22)27-25(28)23(20-12-11-17(3)14-18(20)4)24(26(27)29)32-15-19-8-7-13-30-19/h5-14,16H,15H2,1-4H3. The topological polar surface area (TPSA) is 59.8 Å². The van der Waals surface area contributed by atoms with Crippen LogP contribution >= 0.6 is 11.8 Å². The molecule has 0 bridgehead atoms. The number of aryl methyl sites for hydroxylation is 2. The fourth-order valence-corrected chi connectivity index (χ4v) is 4.73. The Hall–Kier alpha value is -3.25. The monoisotopic (exact) mass is 447 g/mol. The number of benzene rings is 2. The summed E-state index contributed by atoms with van der Waals surface area (Å²) in [4.78, 5) is 29.0. The van der Waals surface area contributed by atoms with Gasteiger partial charge in [0.1, 0.15) is 11.5 Å². The average molecular weight is 448 g/mol. The highest BCUT2D eigenvalue weighted by Gasteiger charge is 2.41. The maximum absolute atomic E-state index is 13.7. The number of furan rings is 1. The molecule has 1 aromatic heterocycles. The fourth-order valence-electron chi connectivity index (χ4n) is 3.73. The predicted octanol–water partition coefficient (Wildman–Crippen LogP) is 5.90. The molecule has 0 unspecified atom stereocenters. The lowest BCUT2D eigenvalue weighted by Gasteiger charge is -2.20. The summed E-state index contributed by atoms with van der Waals surface area (Å²) in [7, 11) is 0. The van der Waals surface area contributed by atoms with Gasteiger partial charge in [0.2, 0.25) is 0 Å². The van der Waals surface area contributed by atoms with E-state index in [1.54, 1.807) is 24.5 Å². The van der Waals surface area contributed by atoms with Crippen LogP contribution in [-0.4, -0.2) is 17.9 Å².